The van der Waals surface area contributed by atoms with Gasteiger partial charge in [0.2, 0.25) is 0 Å². The van der Waals surface area contributed by atoms with E-state index in [0.717, 1.165) is 0 Å². The molecule has 1 N–H and O–H groups in total. The maximum Gasteiger partial charge on any atom is 0.402 e. The summed E-state index contributed by atoms with van der Waals surface area (Å²) in [5, 5.41) is 2.25. The van der Waals surface area contributed by atoms with E-state index in [1.165, 1.54) is 6.92 Å². The Labute approximate surface area is 102 Å². The minimum absolute atomic E-state index is 0.0622. The number of nitrogens with one attached hydrogen (secondary N) is 1. The SMILES string of the molecule is CCCNC(COCC)C(C(F)(F)F)C(F)(F)F. The van der Waals surface area contributed by atoms with Gasteiger partial charge in [0.05, 0.1) is 12.6 Å². The van der Waals surface area contributed by atoms with E-state index in [-0.39, 0.29) is 13.2 Å². The summed E-state index contributed by atoms with van der Waals surface area (Å²) >= 11 is 0. The number of ether oxygens (including phenoxy) is 1. The highest BCUT2D eigenvalue weighted by molar-refractivity contribution is 4.87. The van der Waals surface area contributed by atoms with Crippen LogP contribution in [0.2, 0.25) is 0 Å². The molecule has 110 valence electrons. The van der Waals surface area contributed by atoms with Crippen LogP contribution in [-0.4, -0.2) is 38.2 Å². The smallest absolute Gasteiger partial charge is 0.380 e. The van der Waals surface area contributed by atoms with Gasteiger partial charge >= 0.3 is 12.4 Å². The fourth-order valence-corrected chi connectivity index (χ4v) is 1.49. The molecule has 0 aliphatic carbocycles. The summed E-state index contributed by atoms with van der Waals surface area (Å²) < 4.78 is 79.7. The maximum atomic E-state index is 12.5. The predicted octanol–water partition coefficient (Wildman–Crippen LogP) is 3.13. The molecule has 2 nitrogen and oxygen atoms in total. The Morgan fingerprint density at radius 1 is 1.00 bits per heavy atom. The molecule has 8 heteroatoms. The van der Waals surface area contributed by atoms with E-state index in [4.69, 9.17) is 4.74 Å². The standard InChI is InChI=1S/C10H17F6NO/c1-3-5-17-7(6-18-4-2)8(9(11,12)13)10(14,15)16/h7-8,17H,3-6H2,1-2H3. The lowest BCUT2D eigenvalue weighted by atomic mass is 9.98. The summed E-state index contributed by atoms with van der Waals surface area (Å²) in [5.74, 6) is -3.41. The first-order valence-corrected chi connectivity index (χ1v) is 5.59. The third kappa shape index (κ3) is 5.90. The summed E-state index contributed by atoms with van der Waals surface area (Å²) in [6.07, 6.45) is -10.3. The third-order valence-electron chi connectivity index (χ3n) is 2.27. The van der Waals surface area contributed by atoms with Gasteiger partial charge in [-0.2, -0.15) is 26.3 Å². The van der Waals surface area contributed by atoms with Crippen LogP contribution in [0.4, 0.5) is 26.3 Å². The van der Waals surface area contributed by atoms with Gasteiger partial charge in [0.15, 0.2) is 5.92 Å². The molecule has 1 atom stereocenters. The van der Waals surface area contributed by atoms with Crippen molar-refractivity contribution < 1.29 is 31.1 Å². The van der Waals surface area contributed by atoms with Crippen LogP contribution >= 0.6 is 0 Å². The van der Waals surface area contributed by atoms with E-state index in [2.05, 4.69) is 5.32 Å². The molecular formula is C10H17F6NO. The molecule has 0 spiro atoms. The van der Waals surface area contributed by atoms with Gasteiger partial charge in [0.25, 0.3) is 0 Å². The van der Waals surface area contributed by atoms with Gasteiger partial charge in [-0.15, -0.1) is 0 Å². The zero-order valence-electron chi connectivity index (χ0n) is 10.2. The first-order chi connectivity index (χ1) is 8.14. The van der Waals surface area contributed by atoms with Crippen molar-refractivity contribution >= 4 is 0 Å². The monoisotopic (exact) mass is 281 g/mol. The average molecular weight is 281 g/mol. The Kier molecular flexibility index (Phi) is 6.98. The summed E-state index contributed by atoms with van der Waals surface area (Å²) in [4.78, 5) is 0. The van der Waals surface area contributed by atoms with E-state index in [1.54, 1.807) is 6.92 Å². The summed E-state index contributed by atoms with van der Waals surface area (Å²) in [6, 6.07) is -1.81. The Hall–Kier alpha value is -0.500. The van der Waals surface area contributed by atoms with Crippen molar-refractivity contribution in [1.29, 1.82) is 0 Å². The first kappa shape index (κ1) is 17.5. The molecule has 0 aliphatic rings. The molecule has 0 radical (unpaired) electrons. The van der Waals surface area contributed by atoms with Crippen LogP contribution in [-0.2, 0) is 4.74 Å². The molecule has 0 amide bonds. The third-order valence-corrected chi connectivity index (χ3v) is 2.27. The minimum atomic E-state index is -5.35. The summed E-state index contributed by atoms with van der Waals surface area (Å²) in [7, 11) is 0. The highest BCUT2D eigenvalue weighted by Crippen LogP contribution is 2.41. The van der Waals surface area contributed by atoms with Crippen molar-refractivity contribution in [3.05, 3.63) is 0 Å². The lowest BCUT2D eigenvalue weighted by molar-refractivity contribution is -0.294. The van der Waals surface area contributed by atoms with E-state index >= 15 is 0 Å². The molecule has 1 unspecified atom stereocenters. The van der Waals surface area contributed by atoms with Crippen LogP contribution < -0.4 is 5.32 Å². The number of halogens is 6. The fraction of sp³-hybridized carbons (Fsp3) is 1.00. The van der Waals surface area contributed by atoms with Gasteiger partial charge in [-0.1, -0.05) is 6.92 Å². The molecule has 0 aromatic carbocycles. The fourth-order valence-electron chi connectivity index (χ4n) is 1.49. The molecule has 18 heavy (non-hydrogen) atoms. The van der Waals surface area contributed by atoms with Gasteiger partial charge in [0, 0.05) is 6.61 Å². The Balaban J connectivity index is 4.95. The van der Waals surface area contributed by atoms with Gasteiger partial charge < -0.3 is 10.1 Å². The minimum Gasteiger partial charge on any atom is -0.380 e. The summed E-state index contributed by atoms with van der Waals surface area (Å²) in [6.45, 7) is 2.67. The van der Waals surface area contributed by atoms with Crippen molar-refractivity contribution in [2.45, 2.75) is 38.7 Å². The van der Waals surface area contributed by atoms with Crippen molar-refractivity contribution in [2.24, 2.45) is 5.92 Å². The topological polar surface area (TPSA) is 21.3 Å². The number of rotatable bonds is 7. The zero-order chi connectivity index (χ0) is 14.4. The highest BCUT2D eigenvalue weighted by Gasteiger charge is 2.60. The van der Waals surface area contributed by atoms with Gasteiger partial charge in [-0.3, -0.25) is 0 Å². The van der Waals surface area contributed by atoms with Crippen LogP contribution in [0.5, 0.6) is 0 Å². The van der Waals surface area contributed by atoms with Crippen molar-refractivity contribution in [1.82, 2.24) is 5.32 Å². The van der Waals surface area contributed by atoms with Crippen LogP contribution in [0.15, 0.2) is 0 Å². The average Bonchev–Trinajstić information content (AvgIpc) is 2.17. The van der Waals surface area contributed by atoms with E-state index < -0.39 is 30.9 Å². The molecular weight excluding hydrogens is 264 g/mol. The van der Waals surface area contributed by atoms with Crippen molar-refractivity contribution in [2.75, 3.05) is 19.8 Å². The second-order valence-corrected chi connectivity index (χ2v) is 3.78. The Morgan fingerprint density at radius 2 is 1.50 bits per heavy atom. The van der Waals surface area contributed by atoms with E-state index in [0.29, 0.717) is 6.42 Å². The zero-order valence-corrected chi connectivity index (χ0v) is 10.2. The summed E-state index contributed by atoms with van der Waals surface area (Å²) in [5.41, 5.74) is 0. The van der Waals surface area contributed by atoms with Gasteiger partial charge in [-0.25, -0.2) is 0 Å². The Morgan fingerprint density at radius 3 is 1.83 bits per heavy atom. The van der Waals surface area contributed by atoms with Gasteiger partial charge in [0.1, 0.15) is 0 Å². The molecule has 0 aliphatic heterocycles. The predicted molar refractivity (Wildman–Crippen MR) is 54.2 cm³/mol. The molecule has 0 fully saturated rings. The lowest BCUT2D eigenvalue weighted by Gasteiger charge is -2.31. The second-order valence-electron chi connectivity index (χ2n) is 3.78. The highest BCUT2D eigenvalue weighted by atomic mass is 19.4. The van der Waals surface area contributed by atoms with Crippen LogP contribution in [0, 0.1) is 5.92 Å². The normalized spacial score (nSPS) is 15.2. The molecule has 0 aromatic heterocycles. The molecule has 0 rings (SSSR count). The largest absolute Gasteiger partial charge is 0.402 e. The number of hydrogen-bond acceptors (Lipinski definition) is 2. The second kappa shape index (κ2) is 7.18. The molecule has 0 saturated carbocycles. The quantitative estimate of drug-likeness (QED) is 0.724. The van der Waals surface area contributed by atoms with Crippen LogP contribution in [0.3, 0.4) is 0 Å². The Bertz CT molecular complexity index is 205. The molecule has 0 heterocycles. The molecule has 0 aromatic rings. The molecule has 0 saturated heterocycles. The van der Waals surface area contributed by atoms with Crippen LogP contribution in [0.25, 0.3) is 0 Å². The van der Waals surface area contributed by atoms with Crippen molar-refractivity contribution in [3.8, 4) is 0 Å². The number of hydrogen-bond donors (Lipinski definition) is 1. The van der Waals surface area contributed by atoms with Gasteiger partial charge in [-0.05, 0) is 19.9 Å². The first-order valence-electron chi connectivity index (χ1n) is 5.59. The number of alkyl halides is 6. The van der Waals surface area contributed by atoms with Crippen molar-refractivity contribution in [3.63, 3.8) is 0 Å². The van der Waals surface area contributed by atoms with Crippen LogP contribution in [0.1, 0.15) is 20.3 Å². The molecule has 0 bridgehead atoms. The maximum absolute atomic E-state index is 12.5. The lowest BCUT2D eigenvalue weighted by Crippen LogP contribution is -2.53. The van der Waals surface area contributed by atoms with E-state index in [9.17, 15) is 26.3 Å². The van der Waals surface area contributed by atoms with E-state index in [1.807, 2.05) is 0 Å².